The average Bonchev–Trinajstić information content (AvgIpc) is 2.65. The lowest BCUT2D eigenvalue weighted by Gasteiger charge is -2.16. The Bertz CT molecular complexity index is 269. The highest BCUT2D eigenvalue weighted by Gasteiger charge is 2.19. The molecule has 0 saturated heterocycles. The molecule has 2 atom stereocenters. The molecule has 26 heavy (non-hydrogen) atoms. The molecule has 0 aliphatic heterocycles. The molecule has 0 bridgehead atoms. The maximum Gasteiger partial charge on any atom is 0.138 e. The Morgan fingerprint density at radius 1 is 0.500 bits per heavy atom. The first-order chi connectivity index (χ1) is 12.6. The fourth-order valence-corrected chi connectivity index (χ4v) is 3.94. The van der Waals surface area contributed by atoms with Crippen molar-refractivity contribution >= 4 is 5.78 Å². The Hall–Kier alpha value is -0.330. The molecule has 0 aliphatic carbocycles. The minimum absolute atomic E-state index is 0.277. The van der Waals surface area contributed by atoms with Gasteiger partial charge in [0, 0.05) is 11.8 Å². The molecule has 0 rings (SSSR count). The molecular weight excluding hydrogens is 316 g/mol. The summed E-state index contributed by atoms with van der Waals surface area (Å²) in [5, 5.41) is 0. The van der Waals surface area contributed by atoms with Gasteiger partial charge in [0.1, 0.15) is 5.78 Å². The Morgan fingerprint density at radius 3 is 1.08 bits per heavy atom. The van der Waals surface area contributed by atoms with E-state index >= 15 is 0 Å². The van der Waals surface area contributed by atoms with Crippen molar-refractivity contribution in [3.8, 4) is 0 Å². The van der Waals surface area contributed by atoms with Crippen LogP contribution >= 0.6 is 0 Å². The van der Waals surface area contributed by atoms with E-state index in [0.717, 1.165) is 12.8 Å². The lowest BCUT2D eigenvalue weighted by molar-refractivity contribution is -0.126. The highest BCUT2D eigenvalue weighted by Crippen LogP contribution is 2.20. The molecule has 1 heteroatoms. The molecule has 0 fully saturated rings. The van der Waals surface area contributed by atoms with Crippen molar-refractivity contribution in [2.75, 3.05) is 0 Å². The van der Waals surface area contributed by atoms with Crippen molar-refractivity contribution in [3.63, 3.8) is 0 Å². The summed E-state index contributed by atoms with van der Waals surface area (Å²) in [6, 6.07) is 0. The number of Topliss-reactive ketones (excluding diaryl/α,β-unsaturated/α-hetero) is 1. The van der Waals surface area contributed by atoms with Crippen LogP contribution in [0.15, 0.2) is 0 Å². The van der Waals surface area contributed by atoms with Gasteiger partial charge in [-0.2, -0.15) is 0 Å². The van der Waals surface area contributed by atoms with Crippen molar-refractivity contribution in [2.45, 2.75) is 143 Å². The maximum absolute atomic E-state index is 12.5. The summed E-state index contributed by atoms with van der Waals surface area (Å²) in [7, 11) is 0. The van der Waals surface area contributed by atoms with Crippen LogP contribution in [0.4, 0.5) is 0 Å². The first-order valence-corrected chi connectivity index (χ1v) is 12.2. The second-order valence-corrected chi connectivity index (χ2v) is 8.73. The second kappa shape index (κ2) is 19.4. The predicted molar refractivity (Wildman–Crippen MR) is 118 cm³/mol. The van der Waals surface area contributed by atoms with Crippen LogP contribution in [0.3, 0.4) is 0 Å². The van der Waals surface area contributed by atoms with E-state index in [0.29, 0.717) is 5.78 Å². The molecule has 0 radical (unpaired) electrons. The first-order valence-electron chi connectivity index (χ1n) is 12.2. The fourth-order valence-electron chi connectivity index (χ4n) is 3.94. The molecule has 0 spiro atoms. The zero-order chi connectivity index (χ0) is 19.5. The Balaban J connectivity index is 3.54. The fraction of sp³-hybridized carbons (Fsp3) is 0.960. The lowest BCUT2D eigenvalue weighted by atomic mass is 9.88. The van der Waals surface area contributed by atoms with Crippen LogP contribution < -0.4 is 0 Å². The third kappa shape index (κ3) is 15.9. The smallest absolute Gasteiger partial charge is 0.138 e. The number of hydrogen-bond donors (Lipinski definition) is 0. The minimum Gasteiger partial charge on any atom is -0.299 e. The van der Waals surface area contributed by atoms with Crippen LogP contribution in [-0.4, -0.2) is 5.78 Å². The van der Waals surface area contributed by atoms with E-state index in [1.165, 1.54) is 103 Å². The highest BCUT2D eigenvalue weighted by atomic mass is 16.1. The van der Waals surface area contributed by atoms with Gasteiger partial charge in [-0.15, -0.1) is 0 Å². The molecule has 0 aliphatic rings. The highest BCUT2D eigenvalue weighted by molar-refractivity contribution is 5.82. The molecule has 0 amide bonds. The van der Waals surface area contributed by atoms with Crippen molar-refractivity contribution < 1.29 is 4.79 Å². The molecule has 1 nitrogen and oxygen atoms in total. The zero-order valence-corrected chi connectivity index (χ0v) is 18.8. The quantitative estimate of drug-likeness (QED) is 0.197. The second-order valence-electron chi connectivity index (χ2n) is 8.73. The number of unbranched alkanes of at least 4 members (excludes halogenated alkanes) is 14. The predicted octanol–water partition coefficient (Wildman–Crippen LogP) is 8.89. The largest absolute Gasteiger partial charge is 0.299 e. The van der Waals surface area contributed by atoms with E-state index in [1.807, 2.05) is 0 Å². The Labute approximate surface area is 166 Å². The molecule has 0 aromatic rings. The van der Waals surface area contributed by atoms with Crippen LogP contribution in [0.1, 0.15) is 143 Å². The molecule has 2 unspecified atom stereocenters. The van der Waals surface area contributed by atoms with Crippen LogP contribution in [0, 0.1) is 11.8 Å². The molecular formula is C25H50O. The number of carbonyl (C=O) groups excluding carboxylic acids is 1. The Kier molecular flexibility index (Phi) is 19.2. The van der Waals surface area contributed by atoms with Gasteiger partial charge in [-0.05, 0) is 12.8 Å². The van der Waals surface area contributed by atoms with E-state index in [2.05, 4.69) is 27.7 Å². The summed E-state index contributed by atoms with van der Waals surface area (Å²) >= 11 is 0. The molecule has 156 valence electrons. The maximum atomic E-state index is 12.5. The first kappa shape index (κ1) is 25.7. The molecule has 0 aromatic heterocycles. The Morgan fingerprint density at radius 2 is 0.769 bits per heavy atom. The van der Waals surface area contributed by atoms with Crippen molar-refractivity contribution in [1.82, 2.24) is 0 Å². The molecule has 0 saturated carbocycles. The van der Waals surface area contributed by atoms with Crippen LogP contribution in [0.5, 0.6) is 0 Å². The van der Waals surface area contributed by atoms with E-state index in [4.69, 9.17) is 0 Å². The third-order valence-corrected chi connectivity index (χ3v) is 5.95. The van der Waals surface area contributed by atoms with Gasteiger partial charge in [0.15, 0.2) is 0 Å². The van der Waals surface area contributed by atoms with Crippen LogP contribution in [0.2, 0.25) is 0 Å². The van der Waals surface area contributed by atoms with Crippen LogP contribution in [-0.2, 0) is 4.79 Å². The number of ketones is 1. The van der Waals surface area contributed by atoms with E-state index in [9.17, 15) is 4.79 Å². The van der Waals surface area contributed by atoms with Gasteiger partial charge in [0.2, 0.25) is 0 Å². The molecule has 0 aromatic carbocycles. The third-order valence-electron chi connectivity index (χ3n) is 5.95. The van der Waals surface area contributed by atoms with E-state index in [1.54, 1.807) is 0 Å². The summed E-state index contributed by atoms with van der Waals surface area (Å²) in [5.74, 6) is 1.08. The summed E-state index contributed by atoms with van der Waals surface area (Å²) in [6.45, 7) is 8.86. The standard InChI is InChI=1S/C25H50O/c1-5-7-9-11-13-15-17-19-21-23(3)25(26)24(4)22-20-18-16-14-12-10-8-6-2/h23-24H,5-22H2,1-4H3. The SMILES string of the molecule is CCCCCCCCCCC(C)C(=O)C(C)CCCCCCCCCC. The van der Waals surface area contributed by atoms with Crippen molar-refractivity contribution in [2.24, 2.45) is 11.8 Å². The molecule has 0 heterocycles. The summed E-state index contributed by atoms with van der Waals surface area (Å²) in [5.41, 5.74) is 0. The summed E-state index contributed by atoms with van der Waals surface area (Å²) in [6.07, 6.45) is 23.9. The summed E-state index contributed by atoms with van der Waals surface area (Å²) < 4.78 is 0. The van der Waals surface area contributed by atoms with Gasteiger partial charge >= 0.3 is 0 Å². The van der Waals surface area contributed by atoms with Gasteiger partial charge < -0.3 is 0 Å². The van der Waals surface area contributed by atoms with Gasteiger partial charge in [-0.1, -0.05) is 130 Å². The van der Waals surface area contributed by atoms with Crippen molar-refractivity contribution in [3.05, 3.63) is 0 Å². The summed E-state index contributed by atoms with van der Waals surface area (Å²) in [4.78, 5) is 12.5. The van der Waals surface area contributed by atoms with Crippen LogP contribution in [0.25, 0.3) is 0 Å². The minimum atomic E-state index is 0.277. The lowest BCUT2D eigenvalue weighted by Crippen LogP contribution is -2.19. The monoisotopic (exact) mass is 366 g/mol. The van der Waals surface area contributed by atoms with Gasteiger partial charge in [-0.3, -0.25) is 4.79 Å². The number of carbonyl (C=O) groups is 1. The number of hydrogen-bond acceptors (Lipinski definition) is 1. The van der Waals surface area contributed by atoms with E-state index in [-0.39, 0.29) is 11.8 Å². The van der Waals surface area contributed by atoms with Crippen molar-refractivity contribution in [1.29, 1.82) is 0 Å². The normalized spacial score (nSPS) is 13.7. The van der Waals surface area contributed by atoms with Gasteiger partial charge in [0.05, 0.1) is 0 Å². The van der Waals surface area contributed by atoms with Gasteiger partial charge in [-0.25, -0.2) is 0 Å². The van der Waals surface area contributed by atoms with Gasteiger partial charge in [0.25, 0.3) is 0 Å². The number of rotatable bonds is 20. The topological polar surface area (TPSA) is 17.1 Å². The van der Waals surface area contributed by atoms with E-state index < -0.39 is 0 Å². The molecule has 0 N–H and O–H groups in total. The average molecular weight is 367 g/mol. The zero-order valence-electron chi connectivity index (χ0n) is 18.8.